The van der Waals surface area contributed by atoms with Crippen molar-refractivity contribution in [1.82, 2.24) is 4.98 Å². The van der Waals surface area contributed by atoms with Crippen LogP contribution in [0.2, 0.25) is 0 Å². The summed E-state index contributed by atoms with van der Waals surface area (Å²) in [5.41, 5.74) is 13.4. The van der Waals surface area contributed by atoms with Gasteiger partial charge in [0.2, 0.25) is 0 Å². The predicted octanol–water partition coefficient (Wildman–Crippen LogP) is 13.5. The van der Waals surface area contributed by atoms with Crippen LogP contribution in [0.15, 0.2) is 206 Å². The molecule has 0 aliphatic carbocycles. The smallest absolute Gasteiger partial charge is 0.0788 e. The van der Waals surface area contributed by atoms with E-state index in [4.69, 9.17) is 4.98 Å². The van der Waals surface area contributed by atoms with Gasteiger partial charge in [-0.2, -0.15) is 0 Å². The van der Waals surface area contributed by atoms with Crippen molar-refractivity contribution in [2.24, 2.45) is 0 Å². The second-order valence-corrected chi connectivity index (χ2v) is 12.8. The van der Waals surface area contributed by atoms with E-state index in [0.29, 0.717) is 0 Å². The lowest BCUT2D eigenvalue weighted by Gasteiger charge is -2.26. The van der Waals surface area contributed by atoms with E-state index in [2.05, 4.69) is 211 Å². The number of aromatic nitrogens is 1. The second kappa shape index (κ2) is 13.3. The highest BCUT2D eigenvalue weighted by molar-refractivity contribution is 5.95. The third kappa shape index (κ3) is 6.05. The average molecular weight is 651 g/mol. The number of hydrogen-bond donors (Lipinski definition) is 0. The molecule has 8 aromatic carbocycles. The number of anilines is 3. The summed E-state index contributed by atoms with van der Waals surface area (Å²) < 4.78 is 0. The van der Waals surface area contributed by atoms with Gasteiger partial charge in [0.1, 0.15) is 0 Å². The zero-order valence-electron chi connectivity index (χ0n) is 28.0. The summed E-state index contributed by atoms with van der Waals surface area (Å²) in [4.78, 5) is 7.55. The standard InChI is InChI=1S/C49H34N2/c1-3-11-35(12-4-1)37-19-21-38(22-20-37)39-25-29-45(30-26-39)51(44-16-5-2-6-17-44)46-31-27-40(28-32-46)49-47(34-43-15-9-10-18-48(43)50-49)42-24-23-36-13-7-8-14-41(36)33-42/h1-34H. The van der Waals surface area contributed by atoms with E-state index in [1.165, 1.54) is 33.0 Å². The maximum atomic E-state index is 5.24. The van der Waals surface area contributed by atoms with E-state index >= 15 is 0 Å². The maximum absolute atomic E-state index is 5.24. The van der Waals surface area contributed by atoms with Gasteiger partial charge in [-0.3, -0.25) is 0 Å². The first-order chi connectivity index (χ1) is 25.3. The highest BCUT2D eigenvalue weighted by Gasteiger charge is 2.16. The van der Waals surface area contributed by atoms with Gasteiger partial charge in [-0.25, -0.2) is 4.98 Å². The molecule has 1 aromatic heterocycles. The van der Waals surface area contributed by atoms with E-state index in [-0.39, 0.29) is 0 Å². The highest BCUT2D eigenvalue weighted by atomic mass is 15.1. The van der Waals surface area contributed by atoms with Crippen LogP contribution < -0.4 is 4.90 Å². The average Bonchev–Trinajstić information content (AvgIpc) is 3.22. The SMILES string of the molecule is c1ccc(-c2ccc(-c3ccc(N(c4ccccc4)c4ccc(-c5nc6ccccc6cc5-c5ccc6ccccc6c5)cc4)cc3)cc2)cc1. The zero-order chi connectivity index (χ0) is 34.0. The molecule has 1 heterocycles. The number of pyridine rings is 1. The normalized spacial score (nSPS) is 11.1. The molecule has 0 saturated carbocycles. The van der Waals surface area contributed by atoms with Gasteiger partial charge >= 0.3 is 0 Å². The van der Waals surface area contributed by atoms with Crippen LogP contribution in [0.4, 0.5) is 17.1 Å². The van der Waals surface area contributed by atoms with Gasteiger partial charge in [0.25, 0.3) is 0 Å². The highest BCUT2D eigenvalue weighted by Crippen LogP contribution is 2.39. The molecule has 0 atom stereocenters. The van der Waals surface area contributed by atoms with Gasteiger partial charge in [-0.1, -0.05) is 152 Å². The summed E-state index contributed by atoms with van der Waals surface area (Å²) in [6.07, 6.45) is 0. The van der Waals surface area contributed by atoms with Crippen LogP contribution in [0.25, 0.3) is 66.3 Å². The Bertz CT molecular complexity index is 2590. The Kier molecular flexibility index (Phi) is 7.88. The molecule has 0 amide bonds. The molecule has 0 saturated heterocycles. The van der Waals surface area contributed by atoms with Gasteiger partial charge in [0, 0.05) is 33.6 Å². The fraction of sp³-hybridized carbons (Fsp3) is 0. The molecule has 0 unspecified atom stereocenters. The number of hydrogen-bond acceptors (Lipinski definition) is 2. The predicted molar refractivity (Wildman–Crippen MR) is 216 cm³/mol. The van der Waals surface area contributed by atoms with Gasteiger partial charge in [0.15, 0.2) is 0 Å². The molecular formula is C49H34N2. The van der Waals surface area contributed by atoms with Crippen molar-refractivity contribution >= 4 is 38.7 Å². The summed E-state index contributed by atoms with van der Waals surface area (Å²) in [6.45, 7) is 0. The first-order valence-electron chi connectivity index (χ1n) is 17.4. The van der Waals surface area contributed by atoms with E-state index in [1.807, 2.05) is 0 Å². The summed E-state index contributed by atoms with van der Waals surface area (Å²) in [5, 5.41) is 3.58. The molecular weight excluding hydrogens is 617 g/mol. The van der Waals surface area contributed by atoms with Gasteiger partial charge in [-0.05, 0) is 93.2 Å². The lowest BCUT2D eigenvalue weighted by atomic mass is 9.95. The van der Waals surface area contributed by atoms with Crippen molar-refractivity contribution in [3.63, 3.8) is 0 Å². The Labute approximate surface area is 298 Å². The number of nitrogens with zero attached hydrogens (tertiary/aromatic N) is 2. The molecule has 2 heteroatoms. The minimum atomic E-state index is 0.976. The van der Waals surface area contributed by atoms with E-state index < -0.39 is 0 Å². The summed E-state index contributed by atoms with van der Waals surface area (Å²) >= 11 is 0. The molecule has 240 valence electrons. The Morgan fingerprint density at radius 3 is 1.39 bits per heavy atom. The monoisotopic (exact) mass is 650 g/mol. The van der Waals surface area contributed by atoms with E-state index in [1.54, 1.807) is 0 Å². The van der Waals surface area contributed by atoms with Crippen molar-refractivity contribution in [1.29, 1.82) is 0 Å². The second-order valence-electron chi connectivity index (χ2n) is 12.8. The molecule has 0 radical (unpaired) electrons. The van der Waals surface area contributed by atoms with Crippen molar-refractivity contribution < 1.29 is 0 Å². The molecule has 9 aromatic rings. The lowest BCUT2D eigenvalue weighted by molar-refractivity contribution is 1.28. The molecule has 0 spiro atoms. The zero-order valence-corrected chi connectivity index (χ0v) is 28.0. The molecule has 0 fully saturated rings. The third-order valence-corrected chi connectivity index (χ3v) is 9.65. The van der Waals surface area contributed by atoms with Crippen LogP contribution in [-0.4, -0.2) is 4.98 Å². The van der Waals surface area contributed by atoms with Gasteiger partial charge < -0.3 is 4.90 Å². The quantitative estimate of drug-likeness (QED) is 0.171. The molecule has 0 aliphatic heterocycles. The lowest BCUT2D eigenvalue weighted by Crippen LogP contribution is -2.09. The maximum Gasteiger partial charge on any atom is 0.0788 e. The Morgan fingerprint density at radius 2 is 0.745 bits per heavy atom. The molecule has 51 heavy (non-hydrogen) atoms. The van der Waals surface area contributed by atoms with Crippen molar-refractivity contribution in [2.45, 2.75) is 0 Å². The largest absolute Gasteiger partial charge is 0.311 e. The van der Waals surface area contributed by atoms with Crippen LogP contribution >= 0.6 is 0 Å². The Morgan fingerprint density at radius 1 is 0.294 bits per heavy atom. The van der Waals surface area contributed by atoms with Crippen LogP contribution in [-0.2, 0) is 0 Å². The fourth-order valence-electron chi connectivity index (χ4n) is 6.99. The first-order valence-corrected chi connectivity index (χ1v) is 17.4. The van der Waals surface area contributed by atoms with Crippen LogP contribution in [0.5, 0.6) is 0 Å². The van der Waals surface area contributed by atoms with Gasteiger partial charge in [-0.15, -0.1) is 0 Å². The number of rotatable bonds is 7. The third-order valence-electron chi connectivity index (χ3n) is 9.65. The van der Waals surface area contributed by atoms with Gasteiger partial charge in [0.05, 0.1) is 11.2 Å². The van der Waals surface area contributed by atoms with Crippen molar-refractivity contribution in [2.75, 3.05) is 4.90 Å². The number of fused-ring (bicyclic) bond motifs is 2. The summed E-state index contributed by atoms with van der Waals surface area (Å²) in [5.74, 6) is 0. The number of para-hydroxylation sites is 2. The molecule has 0 N–H and O–H groups in total. The molecule has 0 bridgehead atoms. The summed E-state index contributed by atoms with van der Waals surface area (Å²) in [6, 6.07) is 73.4. The van der Waals surface area contributed by atoms with Crippen molar-refractivity contribution in [3.8, 4) is 44.6 Å². The van der Waals surface area contributed by atoms with E-state index in [0.717, 1.165) is 50.3 Å². The Hall–Kier alpha value is -6.77. The fourth-order valence-corrected chi connectivity index (χ4v) is 6.99. The Balaban J connectivity index is 1.08. The van der Waals surface area contributed by atoms with Crippen LogP contribution in [0.1, 0.15) is 0 Å². The molecule has 0 aliphatic rings. The minimum absolute atomic E-state index is 0.976. The minimum Gasteiger partial charge on any atom is -0.311 e. The summed E-state index contributed by atoms with van der Waals surface area (Å²) in [7, 11) is 0. The van der Waals surface area contributed by atoms with Crippen molar-refractivity contribution in [3.05, 3.63) is 206 Å². The molecule has 2 nitrogen and oxygen atoms in total. The first kappa shape index (κ1) is 30.3. The number of benzene rings is 8. The topological polar surface area (TPSA) is 16.1 Å². The van der Waals surface area contributed by atoms with Crippen LogP contribution in [0.3, 0.4) is 0 Å². The van der Waals surface area contributed by atoms with E-state index in [9.17, 15) is 0 Å². The van der Waals surface area contributed by atoms with Crippen LogP contribution in [0, 0.1) is 0 Å². The molecule has 9 rings (SSSR count).